The SMILES string of the molecule is O=S(=O)(O)c1ccc(N=Nc2ccc(N=Nc3c(S(=O)(=O)O)cc4cc(NCNc5ccc6c(O)c(N=Nc7ccc(N=Nc8ccccc8)cc7S(=O)(=O)O)ccc6c5)ccc4c3O)cc2)cc1. The van der Waals surface area contributed by atoms with Crippen LogP contribution in [0.15, 0.2) is 207 Å². The third kappa shape index (κ3) is 11.4. The first-order valence-electron chi connectivity index (χ1n) is 19.9. The van der Waals surface area contributed by atoms with Crippen LogP contribution in [0.25, 0.3) is 21.5 Å². The zero-order valence-electron chi connectivity index (χ0n) is 35.1. The quantitative estimate of drug-likeness (QED) is 0.0286. The molecule has 24 heteroatoms. The summed E-state index contributed by atoms with van der Waals surface area (Å²) in [5.41, 5.74) is 2.06. The van der Waals surface area contributed by atoms with E-state index in [1.54, 1.807) is 66.7 Å². The smallest absolute Gasteiger partial charge is 0.296 e. The molecule has 0 amide bonds. The van der Waals surface area contributed by atoms with Crippen LogP contribution in [0.2, 0.25) is 0 Å². The maximum absolute atomic E-state index is 12.5. The average molecular weight is 987 g/mol. The van der Waals surface area contributed by atoms with Crippen molar-refractivity contribution >= 4 is 109 Å². The van der Waals surface area contributed by atoms with E-state index in [1.807, 2.05) is 0 Å². The van der Waals surface area contributed by atoms with Crippen LogP contribution in [0.5, 0.6) is 11.5 Å². The van der Waals surface area contributed by atoms with E-state index in [4.69, 9.17) is 4.55 Å². The highest BCUT2D eigenvalue weighted by atomic mass is 32.2. The zero-order valence-corrected chi connectivity index (χ0v) is 37.6. The van der Waals surface area contributed by atoms with Gasteiger partial charge < -0.3 is 20.8 Å². The lowest BCUT2D eigenvalue weighted by Gasteiger charge is -2.13. The largest absolute Gasteiger partial charge is 0.505 e. The summed E-state index contributed by atoms with van der Waals surface area (Å²) in [6.07, 6.45) is 0. The Balaban J connectivity index is 0.927. The number of nitrogens with zero attached hydrogens (tertiary/aromatic N) is 8. The van der Waals surface area contributed by atoms with Crippen LogP contribution in [0.1, 0.15) is 0 Å². The van der Waals surface area contributed by atoms with Gasteiger partial charge in [0.05, 0.1) is 40.0 Å². The van der Waals surface area contributed by atoms with E-state index in [-0.39, 0.29) is 50.8 Å². The van der Waals surface area contributed by atoms with Crippen molar-refractivity contribution in [2.75, 3.05) is 17.3 Å². The van der Waals surface area contributed by atoms with Crippen LogP contribution in [0.4, 0.5) is 56.9 Å². The van der Waals surface area contributed by atoms with Crippen molar-refractivity contribution in [1.82, 2.24) is 0 Å². The predicted octanol–water partition coefficient (Wildman–Crippen LogP) is 12.3. The van der Waals surface area contributed by atoms with E-state index in [1.165, 1.54) is 72.8 Å². The van der Waals surface area contributed by atoms with Crippen LogP contribution < -0.4 is 10.6 Å². The monoisotopic (exact) mass is 986 g/mol. The Morgan fingerprint density at radius 2 is 0.870 bits per heavy atom. The van der Waals surface area contributed by atoms with Gasteiger partial charge in [-0.2, -0.15) is 50.8 Å². The highest BCUT2D eigenvalue weighted by molar-refractivity contribution is 7.86. The predicted molar refractivity (Wildman–Crippen MR) is 255 cm³/mol. The molecule has 69 heavy (non-hydrogen) atoms. The lowest BCUT2D eigenvalue weighted by Crippen LogP contribution is -2.11. The molecule has 0 radical (unpaired) electrons. The summed E-state index contributed by atoms with van der Waals surface area (Å²) in [5.74, 6) is -0.790. The summed E-state index contributed by atoms with van der Waals surface area (Å²) in [7, 11) is -14.0. The summed E-state index contributed by atoms with van der Waals surface area (Å²) in [6, 6.07) is 37.8. The second-order valence-corrected chi connectivity index (χ2v) is 18.8. The molecule has 0 aliphatic rings. The van der Waals surface area contributed by atoms with Gasteiger partial charge in [0.25, 0.3) is 30.4 Å². The summed E-state index contributed by atoms with van der Waals surface area (Å²) < 4.78 is 101. The molecule has 0 unspecified atom stereocenters. The number of phenols is 2. The number of aromatic hydroxyl groups is 2. The highest BCUT2D eigenvalue weighted by Gasteiger charge is 2.23. The topological polar surface area (TPSA) is 327 Å². The summed E-state index contributed by atoms with van der Waals surface area (Å²) >= 11 is 0. The molecule has 348 valence electrons. The second kappa shape index (κ2) is 19.4. The first kappa shape index (κ1) is 47.1. The number of benzene rings is 8. The summed E-state index contributed by atoms with van der Waals surface area (Å²) in [4.78, 5) is -1.55. The van der Waals surface area contributed by atoms with Gasteiger partial charge >= 0.3 is 0 Å². The van der Waals surface area contributed by atoms with E-state index >= 15 is 0 Å². The molecule has 8 aromatic rings. The molecule has 0 aliphatic carbocycles. The van der Waals surface area contributed by atoms with Gasteiger partial charge in [0.2, 0.25) is 0 Å². The number of hydrogen-bond acceptors (Lipinski definition) is 18. The highest BCUT2D eigenvalue weighted by Crippen LogP contribution is 2.43. The molecule has 0 aromatic heterocycles. The summed E-state index contributed by atoms with van der Waals surface area (Å²) in [5, 5.41) is 62.2. The van der Waals surface area contributed by atoms with Crippen molar-refractivity contribution < 1.29 is 49.1 Å². The first-order chi connectivity index (χ1) is 32.9. The first-order valence-corrected chi connectivity index (χ1v) is 24.2. The van der Waals surface area contributed by atoms with Gasteiger partial charge in [-0.3, -0.25) is 13.7 Å². The molecular formula is C45H34N10O11S3. The molecule has 0 aliphatic heterocycles. The Labute approximate surface area is 392 Å². The van der Waals surface area contributed by atoms with Gasteiger partial charge in [-0.05, 0) is 138 Å². The van der Waals surface area contributed by atoms with E-state index in [2.05, 4.69) is 51.5 Å². The Kier molecular flexibility index (Phi) is 13.3. The fourth-order valence-corrected chi connectivity index (χ4v) is 8.34. The van der Waals surface area contributed by atoms with Crippen molar-refractivity contribution in [1.29, 1.82) is 0 Å². The number of anilines is 2. The van der Waals surface area contributed by atoms with Crippen LogP contribution in [-0.2, 0) is 30.4 Å². The van der Waals surface area contributed by atoms with Gasteiger partial charge in [0.15, 0.2) is 11.5 Å². The molecule has 0 saturated carbocycles. The number of azo groups is 4. The fraction of sp³-hybridized carbons (Fsp3) is 0.0222. The van der Waals surface area contributed by atoms with E-state index < -0.39 is 51.6 Å². The molecule has 0 heterocycles. The van der Waals surface area contributed by atoms with Crippen molar-refractivity contribution in [3.8, 4) is 11.5 Å². The van der Waals surface area contributed by atoms with Gasteiger partial charge in [-0.25, -0.2) is 0 Å². The molecule has 8 aromatic carbocycles. The number of fused-ring (bicyclic) bond motifs is 2. The van der Waals surface area contributed by atoms with E-state index in [9.17, 15) is 44.6 Å². The Morgan fingerprint density at radius 1 is 0.391 bits per heavy atom. The minimum absolute atomic E-state index is 0.0227. The van der Waals surface area contributed by atoms with E-state index in [0.717, 1.165) is 12.1 Å². The zero-order chi connectivity index (χ0) is 48.9. The molecule has 7 N–H and O–H groups in total. The van der Waals surface area contributed by atoms with Gasteiger partial charge in [0, 0.05) is 22.1 Å². The van der Waals surface area contributed by atoms with Crippen molar-refractivity contribution in [2.45, 2.75) is 14.7 Å². The second-order valence-electron chi connectivity index (χ2n) is 14.6. The van der Waals surface area contributed by atoms with Gasteiger partial charge in [-0.1, -0.05) is 24.3 Å². The molecule has 8 rings (SSSR count). The molecule has 0 bridgehead atoms. The van der Waals surface area contributed by atoms with Gasteiger partial charge in [0.1, 0.15) is 26.9 Å². The minimum Gasteiger partial charge on any atom is -0.505 e. The lowest BCUT2D eigenvalue weighted by atomic mass is 10.1. The molecule has 0 fully saturated rings. The maximum atomic E-state index is 12.5. The average Bonchev–Trinajstić information content (AvgIpc) is 3.32. The van der Waals surface area contributed by atoms with Crippen molar-refractivity contribution in [2.24, 2.45) is 40.9 Å². The van der Waals surface area contributed by atoms with Crippen LogP contribution in [0, 0.1) is 0 Å². The van der Waals surface area contributed by atoms with Gasteiger partial charge in [-0.15, -0.1) is 15.3 Å². The van der Waals surface area contributed by atoms with Crippen molar-refractivity contribution in [3.63, 3.8) is 0 Å². The maximum Gasteiger partial charge on any atom is 0.296 e. The van der Waals surface area contributed by atoms with Crippen LogP contribution in [-0.4, -0.2) is 55.8 Å². The molecule has 0 spiro atoms. The lowest BCUT2D eigenvalue weighted by molar-refractivity contribution is 0.472. The third-order valence-electron chi connectivity index (χ3n) is 9.94. The number of phenolic OH excluding ortho intramolecular Hbond substituents is 2. The molecule has 0 saturated heterocycles. The normalized spacial score (nSPS) is 12.6. The fourth-order valence-electron chi connectivity index (χ4n) is 6.56. The Morgan fingerprint density at radius 3 is 1.45 bits per heavy atom. The van der Waals surface area contributed by atoms with E-state index in [0.29, 0.717) is 39.2 Å². The third-order valence-corrected chi connectivity index (χ3v) is 12.6. The number of rotatable bonds is 15. The Hall–Kier alpha value is -8.39. The number of hydrogen-bond donors (Lipinski definition) is 7. The molecule has 21 nitrogen and oxygen atoms in total. The summed E-state index contributed by atoms with van der Waals surface area (Å²) in [6.45, 7) is 0.158. The molecular weight excluding hydrogens is 953 g/mol. The van der Waals surface area contributed by atoms with Crippen LogP contribution in [0.3, 0.4) is 0 Å². The Bertz CT molecular complexity index is 3750. The minimum atomic E-state index is -4.91. The van der Waals surface area contributed by atoms with Crippen LogP contribution >= 0.6 is 0 Å². The number of nitrogens with one attached hydrogen (secondary N) is 2. The molecule has 0 atom stereocenters. The standard InChI is InChI=1S/C45H34N10O11S3/c56-44-37-18-13-33(22-27(37)6-20-40(44)54-53-39-21-15-35(25-41(39)68(61,62)63)52-48-29-4-2-1-3-5-29)46-26-47-34-14-19-38-28(23-34)24-42(69(64,65)66)43(45(38)57)55-51-31-9-7-30(8-10-31)49-50-32-11-16-36(17-12-32)67(58,59)60/h1-25,46-47,56-57H,26H2,(H,58,59,60)(H,61,62,63)(H,64,65,66). The van der Waals surface area contributed by atoms with Crippen molar-refractivity contribution in [3.05, 3.63) is 152 Å².